The molecule has 0 spiro atoms. The predicted octanol–water partition coefficient (Wildman–Crippen LogP) is 4.53. The molecule has 5 heteroatoms. The maximum absolute atomic E-state index is 12.1. The van der Waals surface area contributed by atoms with Crippen molar-refractivity contribution in [3.63, 3.8) is 0 Å². The molecule has 1 saturated heterocycles. The Morgan fingerprint density at radius 1 is 1.00 bits per heavy atom. The molecule has 2 aliphatic rings. The van der Waals surface area contributed by atoms with Crippen LogP contribution in [0.3, 0.4) is 0 Å². The Bertz CT molecular complexity index is 277. The van der Waals surface area contributed by atoms with E-state index in [1.54, 1.807) is 0 Å². The van der Waals surface area contributed by atoms with Crippen molar-refractivity contribution >= 4 is 0 Å². The van der Waals surface area contributed by atoms with Gasteiger partial charge in [-0.05, 0) is 31.6 Å². The molecule has 0 aromatic carbocycles. The van der Waals surface area contributed by atoms with Crippen molar-refractivity contribution in [2.75, 3.05) is 13.2 Å². The third kappa shape index (κ3) is 5.24. The summed E-state index contributed by atoms with van der Waals surface area (Å²) in [5, 5.41) is 0. The van der Waals surface area contributed by atoms with Gasteiger partial charge in [0.25, 0.3) is 0 Å². The molecule has 0 amide bonds. The molecule has 1 aliphatic carbocycles. The first-order valence-corrected chi connectivity index (χ1v) is 7.74. The van der Waals surface area contributed by atoms with E-state index in [-0.39, 0.29) is 18.6 Å². The number of hydrogen-bond acceptors (Lipinski definition) is 2. The Labute approximate surface area is 119 Å². The van der Waals surface area contributed by atoms with E-state index in [4.69, 9.17) is 9.47 Å². The van der Waals surface area contributed by atoms with Gasteiger partial charge in [-0.25, -0.2) is 0 Å². The minimum Gasteiger partial charge on any atom is -0.352 e. The molecule has 2 rings (SSSR count). The highest BCUT2D eigenvalue weighted by Crippen LogP contribution is 2.34. The van der Waals surface area contributed by atoms with Crippen LogP contribution in [0.2, 0.25) is 0 Å². The molecule has 0 N–H and O–H groups in total. The van der Waals surface area contributed by atoms with Crippen LogP contribution in [0.1, 0.15) is 51.9 Å². The Morgan fingerprint density at radius 2 is 1.60 bits per heavy atom. The minimum absolute atomic E-state index is 0.121. The highest BCUT2D eigenvalue weighted by molar-refractivity contribution is 4.75. The summed E-state index contributed by atoms with van der Waals surface area (Å²) in [5.74, 6) is 1.39. The second-order valence-electron chi connectivity index (χ2n) is 6.43. The van der Waals surface area contributed by atoms with E-state index >= 15 is 0 Å². The molecule has 1 aliphatic heterocycles. The van der Waals surface area contributed by atoms with E-state index in [0.29, 0.717) is 25.6 Å². The zero-order valence-electron chi connectivity index (χ0n) is 12.1. The smallest absolute Gasteiger partial charge is 0.352 e. The summed E-state index contributed by atoms with van der Waals surface area (Å²) in [6.07, 6.45) is 0.577. The first kappa shape index (κ1) is 16.1. The predicted molar refractivity (Wildman–Crippen MR) is 70.2 cm³/mol. The zero-order valence-corrected chi connectivity index (χ0v) is 12.1. The fourth-order valence-electron chi connectivity index (χ4n) is 3.15. The summed E-state index contributed by atoms with van der Waals surface area (Å²) < 4.78 is 47.7. The normalized spacial score (nSPS) is 36.0. The highest BCUT2D eigenvalue weighted by atomic mass is 19.4. The van der Waals surface area contributed by atoms with E-state index in [1.807, 2.05) is 0 Å². The summed E-state index contributed by atoms with van der Waals surface area (Å²) in [6, 6.07) is 0. The van der Waals surface area contributed by atoms with Crippen molar-refractivity contribution in [2.45, 2.75) is 64.3 Å². The van der Waals surface area contributed by atoms with Crippen molar-refractivity contribution in [1.82, 2.24) is 0 Å². The largest absolute Gasteiger partial charge is 0.389 e. The second kappa shape index (κ2) is 7.12. The van der Waals surface area contributed by atoms with Gasteiger partial charge in [-0.15, -0.1) is 0 Å². The van der Waals surface area contributed by atoms with E-state index < -0.39 is 12.6 Å². The second-order valence-corrected chi connectivity index (χ2v) is 6.43. The molecule has 0 unspecified atom stereocenters. The molecule has 118 valence electrons. The van der Waals surface area contributed by atoms with E-state index in [9.17, 15) is 13.2 Å². The van der Waals surface area contributed by atoms with Gasteiger partial charge in [-0.3, -0.25) is 0 Å². The van der Waals surface area contributed by atoms with Crippen LogP contribution in [0, 0.1) is 17.8 Å². The van der Waals surface area contributed by atoms with Crippen molar-refractivity contribution < 1.29 is 22.6 Å². The van der Waals surface area contributed by atoms with E-state index in [0.717, 1.165) is 18.8 Å². The maximum atomic E-state index is 12.1. The van der Waals surface area contributed by atoms with Crippen LogP contribution in [-0.4, -0.2) is 25.7 Å². The van der Waals surface area contributed by atoms with Crippen molar-refractivity contribution in [3.05, 3.63) is 0 Å². The molecule has 20 heavy (non-hydrogen) atoms. The van der Waals surface area contributed by atoms with Crippen molar-refractivity contribution in [3.8, 4) is 0 Å². The highest BCUT2D eigenvalue weighted by Gasteiger charge is 2.32. The van der Waals surface area contributed by atoms with Crippen LogP contribution >= 0.6 is 0 Å². The number of ether oxygens (including phenoxy) is 2. The summed E-state index contributed by atoms with van der Waals surface area (Å²) in [7, 11) is 0. The number of alkyl halides is 3. The molecular weight excluding hydrogens is 269 g/mol. The number of rotatable bonds is 4. The number of hydrogen-bond donors (Lipinski definition) is 0. The molecule has 1 saturated carbocycles. The summed E-state index contributed by atoms with van der Waals surface area (Å²) in [6.45, 7) is 3.37. The van der Waals surface area contributed by atoms with Gasteiger partial charge in [-0.1, -0.05) is 19.8 Å². The third-order valence-electron chi connectivity index (χ3n) is 4.51. The Morgan fingerprint density at radius 3 is 2.15 bits per heavy atom. The molecule has 2 nitrogen and oxygen atoms in total. The molecule has 0 atom stereocenters. The number of halogens is 3. The molecule has 2 fully saturated rings. The standard InChI is InChI=1S/C15H25F3O2/c1-11-4-6-13(7-5-11)14-19-9-12(10-20-14)3-2-8-15(16,17)18/h11-14H,2-10H2,1H3/t11-,12-,13-,14-. The van der Waals surface area contributed by atoms with E-state index in [1.165, 1.54) is 12.8 Å². The summed E-state index contributed by atoms with van der Waals surface area (Å²) in [5.41, 5.74) is 0. The molecule has 1 heterocycles. The molecule has 0 aromatic heterocycles. The Kier molecular flexibility index (Phi) is 5.73. The lowest BCUT2D eigenvalue weighted by atomic mass is 9.82. The molecule has 0 radical (unpaired) electrons. The van der Waals surface area contributed by atoms with Crippen LogP contribution in [0.15, 0.2) is 0 Å². The molecule has 0 aromatic rings. The zero-order chi connectivity index (χ0) is 14.6. The third-order valence-corrected chi connectivity index (χ3v) is 4.51. The van der Waals surface area contributed by atoms with Gasteiger partial charge in [-0.2, -0.15) is 13.2 Å². The Hall–Kier alpha value is -0.290. The lowest BCUT2D eigenvalue weighted by molar-refractivity contribution is -0.230. The summed E-state index contributed by atoms with van der Waals surface area (Å²) in [4.78, 5) is 0. The van der Waals surface area contributed by atoms with Crippen LogP contribution in [0.25, 0.3) is 0 Å². The van der Waals surface area contributed by atoms with Gasteiger partial charge < -0.3 is 9.47 Å². The summed E-state index contributed by atoms with van der Waals surface area (Å²) >= 11 is 0. The first-order valence-electron chi connectivity index (χ1n) is 7.74. The van der Waals surface area contributed by atoms with Crippen LogP contribution in [0.4, 0.5) is 13.2 Å². The fourth-order valence-corrected chi connectivity index (χ4v) is 3.15. The quantitative estimate of drug-likeness (QED) is 0.758. The van der Waals surface area contributed by atoms with Crippen molar-refractivity contribution in [2.24, 2.45) is 17.8 Å². The van der Waals surface area contributed by atoms with Crippen LogP contribution < -0.4 is 0 Å². The maximum Gasteiger partial charge on any atom is 0.389 e. The van der Waals surface area contributed by atoms with Crippen LogP contribution in [0.5, 0.6) is 0 Å². The van der Waals surface area contributed by atoms with Crippen molar-refractivity contribution in [1.29, 1.82) is 0 Å². The average Bonchev–Trinajstić information content (AvgIpc) is 2.39. The monoisotopic (exact) mass is 294 g/mol. The SMILES string of the molecule is C[C@H]1CC[C@H]([C@H]2OC[C@H](CCCC(F)(F)F)CO2)CC1. The van der Waals surface area contributed by atoms with Crippen LogP contribution in [-0.2, 0) is 9.47 Å². The molecular formula is C15H25F3O2. The van der Waals surface area contributed by atoms with E-state index in [2.05, 4.69) is 6.92 Å². The fraction of sp³-hybridized carbons (Fsp3) is 1.00. The van der Waals surface area contributed by atoms with Gasteiger partial charge in [0.05, 0.1) is 13.2 Å². The lowest BCUT2D eigenvalue weighted by Crippen LogP contribution is -2.38. The van der Waals surface area contributed by atoms with Gasteiger partial charge in [0.1, 0.15) is 0 Å². The topological polar surface area (TPSA) is 18.5 Å². The minimum atomic E-state index is -4.04. The lowest BCUT2D eigenvalue weighted by Gasteiger charge is -2.37. The van der Waals surface area contributed by atoms with Gasteiger partial charge in [0.15, 0.2) is 6.29 Å². The average molecular weight is 294 g/mol. The van der Waals surface area contributed by atoms with Gasteiger partial charge >= 0.3 is 6.18 Å². The van der Waals surface area contributed by atoms with Gasteiger partial charge in [0.2, 0.25) is 0 Å². The molecule has 0 bridgehead atoms. The first-order chi connectivity index (χ1) is 9.44. The Balaban J connectivity index is 1.62. The van der Waals surface area contributed by atoms with Gasteiger partial charge in [0, 0.05) is 18.3 Å².